The van der Waals surface area contributed by atoms with Crippen molar-refractivity contribution in [3.63, 3.8) is 0 Å². The van der Waals surface area contributed by atoms with Gasteiger partial charge in [-0.1, -0.05) is 25.6 Å². The van der Waals surface area contributed by atoms with E-state index in [2.05, 4.69) is 24.3 Å². The number of aliphatic imine (C=N–C) groups is 1. The number of hydrogen-bond acceptors (Lipinski definition) is 4. The van der Waals surface area contributed by atoms with E-state index in [1.165, 1.54) is 0 Å². The van der Waals surface area contributed by atoms with Gasteiger partial charge in [-0.3, -0.25) is 10.4 Å². The van der Waals surface area contributed by atoms with E-state index in [4.69, 9.17) is 0 Å². The summed E-state index contributed by atoms with van der Waals surface area (Å²) in [5.74, 6) is 1.15. The molecule has 3 nitrogen and oxygen atoms in total. The minimum absolute atomic E-state index is 0.363. The van der Waals surface area contributed by atoms with Crippen molar-refractivity contribution >= 4 is 16.9 Å². The summed E-state index contributed by atoms with van der Waals surface area (Å²) >= 11 is 1.80. The Labute approximate surface area is 78.6 Å². The molecule has 0 saturated heterocycles. The van der Waals surface area contributed by atoms with Gasteiger partial charge < -0.3 is 0 Å². The van der Waals surface area contributed by atoms with Gasteiger partial charge in [0.15, 0.2) is 5.17 Å². The highest BCUT2D eigenvalue weighted by Crippen LogP contribution is 2.26. The maximum absolute atomic E-state index is 4.45. The molecule has 0 saturated carbocycles. The van der Waals surface area contributed by atoms with Crippen LogP contribution in [0, 0.1) is 5.41 Å². The van der Waals surface area contributed by atoms with Gasteiger partial charge in [0, 0.05) is 26.4 Å². The van der Waals surface area contributed by atoms with E-state index in [1.807, 2.05) is 19.1 Å². The first-order valence-corrected chi connectivity index (χ1v) is 5.09. The zero-order valence-electron chi connectivity index (χ0n) is 8.22. The van der Waals surface area contributed by atoms with Gasteiger partial charge in [-0.15, -0.1) is 0 Å². The summed E-state index contributed by atoms with van der Waals surface area (Å²) < 4.78 is 0. The maximum Gasteiger partial charge on any atom is 0.171 e. The molecule has 0 unspecified atom stereocenters. The molecule has 1 rings (SSSR count). The molecule has 0 spiro atoms. The third kappa shape index (κ3) is 3.03. The molecule has 70 valence electrons. The van der Waals surface area contributed by atoms with E-state index in [-0.39, 0.29) is 0 Å². The van der Waals surface area contributed by atoms with Crippen LogP contribution in [0.15, 0.2) is 4.99 Å². The fraction of sp³-hybridized carbons (Fsp3) is 0.875. The molecule has 0 aromatic heterocycles. The summed E-state index contributed by atoms with van der Waals surface area (Å²) in [6.45, 7) is 5.42. The summed E-state index contributed by atoms with van der Waals surface area (Å²) in [5.41, 5.74) is 3.53. The van der Waals surface area contributed by atoms with Gasteiger partial charge in [0.05, 0.1) is 0 Å². The first kappa shape index (κ1) is 9.86. The van der Waals surface area contributed by atoms with Crippen molar-refractivity contribution in [2.24, 2.45) is 10.4 Å². The van der Waals surface area contributed by atoms with Gasteiger partial charge in [0.1, 0.15) is 0 Å². The number of rotatable bonds is 1. The Morgan fingerprint density at radius 1 is 1.50 bits per heavy atom. The number of thioether (sulfide) groups is 1. The molecule has 0 radical (unpaired) electrons. The second kappa shape index (κ2) is 3.66. The van der Waals surface area contributed by atoms with Crippen LogP contribution in [0.5, 0.6) is 0 Å². The van der Waals surface area contributed by atoms with Crippen LogP contribution in [0.4, 0.5) is 0 Å². The van der Waals surface area contributed by atoms with Crippen molar-refractivity contribution in [2.45, 2.75) is 13.8 Å². The summed E-state index contributed by atoms with van der Waals surface area (Å²) in [4.78, 5) is 4.45. The van der Waals surface area contributed by atoms with Gasteiger partial charge in [0.25, 0.3) is 0 Å². The van der Waals surface area contributed by atoms with Crippen molar-refractivity contribution in [1.82, 2.24) is 10.4 Å². The Bertz CT molecular complexity index is 187. The first-order valence-electron chi connectivity index (χ1n) is 4.11. The van der Waals surface area contributed by atoms with Crippen molar-refractivity contribution in [1.29, 1.82) is 0 Å². The Kier molecular flexibility index (Phi) is 3.01. The molecule has 0 fully saturated rings. The topological polar surface area (TPSA) is 27.6 Å². The summed E-state index contributed by atoms with van der Waals surface area (Å²) in [5, 5.41) is 2.96. The largest absolute Gasteiger partial charge is 0.298 e. The fourth-order valence-electron chi connectivity index (χ4n) is 0.900. The molecule has 0 atom stereocenters. The number of nitrogens with one attached hydrogen (secondary N) is 1. The van der Waals surface area contributed by atoms with Crippen molar-refractivity contribution < 1.29 is 0 Å². The molecule has 0 aromatic rings. The van der Waals surface area contributed by atoms with Crippen LogP contribution < -0.4 is 5.43 Å². The Morgan fingerprint density at radius 2 is 2.17 bits per heavy atom. The average Bonchev–Trinajstić information content (AvgIpc) is 1.93. The van der Waals surface area contributed by atoms with Gasteiger partial charge >= 0.3 is 0 Å². The Balaban J connectivity index is 2.45. The highest BCUT2D eigenvalue weighted by atomic mass is 32.2. The number of nitrogens with zero attached hydrogens (tertiary/aromatic N) is 2. The first-order chi connectivity index (χ1) is 5.49. The van der Waals surface area contributed by atoms with Gasteiger partial charge in [-0.2, -0.15) is 0 Å². The molecule has 1 aliphatic heterocycles. The molecular formula is C8H17N3S. The van der Waals surface area contributed by atoms with E-state index in [9.17, 15) is 0 Å². The molecule has 1 heterocycles. The van der Waals surface area contributed by atoms with Crippen LogP contribution in [-0.4, -0.2) is 36.6 Å². The van der Waals surface area contributed by atoms with Crippen molar-refractivity contribution in [3.8, 4) is 0 Å². The van der Waals surface area contributed by atoms with Crippen LogP contribution in [0.1, 0.15) is 13.8 Å². The molecule has 0 aromatic carbocycles. The lowest BCUT2D eigenvalue weighted by molar-refractivity contribution is 0.361. The molecule has 4 heteroatoms. The number of hydrazine groups is 1. The highest BCUT2D eigenvalue weighted by molar-refractivity contribution is 8.13. The van der Waals surface area contributed by atoms with Crippen LogP contribution in [0.3, 0.4) is 0 Å². The van der Waals surface area contributed by atoms with Gasteiger partial charge in [0.2, 0.25) is 0 Å². The highest BCUT2D eigenvalue weighted by Gasteiger charge is 2.23. The summed E-state index contributed by atoms with van der Waals surface area (Å²) in [6.07, 6.45) is 0. The third-order valence-corrected chi connectivity index (χ3v) is 2.99. The molecule has 12 heavy (non-hydrogen) atoms. The lowest BCUT2D eigenvalue weighted by Gasteiger charge is -2.28. The Morgan fingerprint density at radius 3 is 2.58 bits per heavy atom. The SMILES string of the molecule is CN(C)NC1=NCC(C)(C)CS1. The van der Waals surface area contributed by atoms with E-state index < -0.39 is 0 Å². The standard InChI is InChI=1S/C8H17N3S/c1-8(2)5-9-7(12-6-8)10-11(3)4/h5-6H2,1-4H3,(H,9,10). The monoisotopic (exact) mass is 187 g/mol. The average molecular weight is 187 g/mol. The second-order valence-electron chi connectivity index (χ2n) is 4.08. The lowest BCUT2D eigenvalue weighted by atomic mass is 9.97. The quantitative estimate of drug-likeness (QED) is 0.625. The zero-order chi connectivity index (χ0) is 9.19. The fourth-order valence-corrected chi connectivity index (χ4v) is 1.92. The second-order valence-corrected chi connectivity index (χ2v) is 5.04. The van der Waals surface area contributed by atoms with Crippen molar-refractivity contribution in [3.05, 3.63) is 0 Å². The van der Waals surface area contributed by atoms with E-state index in [0.29, 0.717) is 5.41 Å². The maximum atomic E-state index is 4.45. The minimum Gasteiger partial charge on any atom is -0.298 e. The molecule has 1 aliphatic rings. The molecule has 0 aliphatic carbocycles. The van der Waals surface area contributed by atoms with Gasteiger partial charge in [-0.05, 0) is 5.41 Å². The van der Waals surface area contributed by atoms with E-state index in [0.717, 1.165) is 17.5 Å². The predicted molar refractivity (Wildman–Crippen MR) is 55.4 cm³/mol. The normalized spacial score (nSPS) is 22.2. The van der Waals surface area contributed by atoms with Crippen molar-refractivity contribution in [2.75, 3.05) is 26.4 Å². The minimum atomic E-state index is 0.363. The van der Waals surface area contributed by atoms with Gasteiger partial charge in [-0.25, -0.2) is 5.01 Å². The number of amidine groups is 1. The lowest BCUT2D eigenvalue weighted by Crippen LogP contribution is -2.38. The molecular weight excluding hydrogens is 170 g/mol. The summed E-state index contributed by atoms with van der Waals surface area (Å²) in [7, 11) is 3.95. The predicted octanol–water partition coefficient (Wildman–Crippen LogP) is 1.18. The number of hydrogen-bond donors (Lipinski definition) is 1. The van der Waals surface area contributed by atoms with E-state index >= 15 is 0 Å². The van der Waals surface area contributed by atoms with E-state index in [1.54, 1.807) is 11.8 Å². The molecule has 0 bridgehead atoms. The van der Waals surface area contributed by atoms with Crippen LogP contribution in [0.2, 0.25) is 0 Å². The zero-order valence-corrected chi connectivity index (χ0v) is 9.03. The van der Waals surface area contributed by atoms with Crippen LogP contribution in [0.25, 0.3) is 0 Å². The van der Waals surface area contributed by atoms with Crippen LogP contribution >= 0.6 is 11.8 Å². The smallest absolute Gasteiger partial charge is 0.171 e. The Hall–Kier alpha value is -0.220. The molecule has 1 N–H and O–H groups in total. The van der Waals surface area contributed by atoms with Crippen LogP contribution in [-0.2, 0) is 0 Å². The molecule has 0 amide bonds. The third-order valence-electron chi connectivity index (χ3n) is 1.57. The summed E-state index contributed by atoms with van der Waals surface area (Å²) in [6, 6.07) is 0.